The first-order valence-electron chi connectivity index (χ1n) is 8.83. The predicted molar refractivity (Wildman–Crippen MR) is 95.7 cm³/mol. The van der Waals surface area contributed by atoms with Crippen LogP contribution in [0.2, 0.25) is 0 Å². The lowest BCUT2D eigenvalue weighted by molar-refractivity contribution is 0.169. The molecule has 2 aliphatic heterocycles. The van der Waals surface area contributed by atoms with E-state index < -0.39 is 0 Å². The van der Waals surface area contributed by atoms with Gasteiger partial charge in [-0.15, -0.1) is 0 Å². The van der Waals surface area contributed by atoms with Gasteiger partial charge >= 0.3 is 6.03 Å². The number of urea groups is 1. The normalized spacial score (nSPS) is 19.3. The van der Waals surface area contributed by atoms with E-state index in [4.69, 9.17) is 0 Å². The van der Waals surface area contributed by atoms with Crippen molar-refractivity contribution in [2.75, 3.05) is 56.6 Å². The molecule has 3 rings (SSSR count). The zero-order chi connectivity index (χ0) is 17.3. The number of rotatable bonds is 4. The molecule has 1 aromatic heterocycles. The molecule has 7 heteroatoms. The predicted octanol–water partition coefficient (Wildman–Crippen LogP) is 1.58. The van der Waals surface area contributed by atoms with E-state index in [2.05, 4.69) is 19.8 Å². The van der Waals surface area contributed by atoms with Crippen molar-refractivity contribution < 1.29 is 4.79 Å². The molecule has 132 valence electrons. The summed E-state index contributed by atoms with van der Waals surface area (Å²) in [5.74, 6) is 1.74. The summed E-state index contributed by atoms with van der Waals surface area (Å²) >= 11 is 0. The van der Waals surface area contributed by atoms with Crippen LogP contribution in [0.15, 0.2) is 6.07 Å². The lowest BCUT2D eigenvalue weighted by Crippen LogP contribution is -2.47. The van der Waals surface area contributed by atoms with Gasteiger partial charge < -0.3 is 19.6 Å². The highest BCUT2D eigenvalue weighted by Gasteiger charge is 2.34. The van der Waals surface area contributed by atoms with E-state index in [9.17, 15) is 4.79 Å². The molecule has 0 saturated carbocycles. The Hall–Kier alpha value is -2.05. The van der Waals surface area contributed by atoms with E-state index in [1.54, 1.807) is 0 Å². The number of carbonyl (C=O) groups excluding carboxylic acids is 1. The Bertz CT molecular complexity index is 597. The fraction of sp³-hybridized carbons (Fsp3) is 0.706. The molecule has 24 heavy (non-hydrogen) atoms. The van der Waals surface area contributed by atoms with Crippen molar-refractivity contribution in [1.82, 2.24) is 19.8 Å². The molecule has 7 nitrogen and oxygen atoms in total. The van der Waals surface area contributed by atoms with Crippen LogP contribution in [0.4, 0.5) is 16.6 Å². The molecule has 0 atom stereocenters. The zero-order valence-corrected chi connectivity index (χ0v) is 15.2. The molecule has 0 bridgehead atoms. The number of aryl methyl sites for hydroxylation is 1. The van der Waals surface area contributed by atoms with E-state index in [-0.39, 0.29) is 6.03 Å². The van der Waals surface area contributed by atoms with Gasteiger partial charge in [0.1, 0.15) is 5.82 Å². The van der Waals surface area contributed by atoms with Crippen LogP contribution in [0.3, 0.4) is 0 Å². The molecule has 0 spiro atoms. The first-order valence-corrected chi connectivity index (χ1v) is 8.83. The number of nitrogens with zero attached hydrogens (tertiary/aromatic N) is 6. The van der Waals surface area contributed by atoms with Gasteiger partial charge in [0.2, 0.25) is 5.95 Å². The quantitative estimate of drug-likeness (QED) is 0.838. The van der Waals surface area contributed by atoms with Crippen LogP contribution in [-0.4, -0.2) is 78.7 Å². The van der Waals surface area contributed by atoms with Gasteiger partial charge in [0.25, 0.3) is 0 Å². The van der Waals surface area contributed by atoms with Crippen molar-refractivity contribution in [1.29, 1.82) is 0 Å². The van der Waals surface area contributed by atoms with Gasteiger partial charge in [-0.3, -0.25) is 0 Å². The van der Waals surface area contributed by atoms with Crippen molar-refractivity contribution in [2.24, 2.45) is 0 Å². The molecule has 0 N–H and O–H groups in total. The summed E-state index contributed by atoms with van der Waals surface area (Å²) in [7, 11) is 3.99. The molecule has 2 fully saturated rings. The van der Waals surface area contributed by atoms with E-state index >= 15 is 0 Å². The summed E-state index contributed by atoms with van der Waals surface area (Å²) in [6.07, 6.45) is 1.97. The largest absolute Gasteiger partial charge is 0.363 e. The maximum atomic E-state index is 12.4. The molecular weight excluding hydrogens is 304 g/mol. The number of piperidine rings is 1. The highest BCUT2D eigenvalue weighted by atomic mass is 16.2. The Balaban J connectivity index is 1.64. The highest BCUT2D eigenvalue weighted by molar-refractivity contribution is 5.76. The first kappa shape index (κ1) is 16.8. The van der Waals surface area contributed by atoms with Gasteiger partial charge in [0.05, 0.1) is 0 Å². The Morgan fingerprint density at radius 2 is 1.88 bits per heavy atom. The molecule has 2 amide bonds. The average Bonchev–Trinajstić information content (AvgIpc) is 2.95. The van der Waals surface area contributed by atoms with Crippen LogP contribution < -0.4 is 9.80 Å². The third-order valence-electron chi connectivity index (χ3n) is 4.98. The molecule has 2 aliphatic rings. The number of likely N-dealkylation sites (N-methyl/N-ethyl adjacent to an activating group) is 1. The molecule has 0 aromatic carbocycles. The number of aromatic nitrogens is 2. The second-order valence-electron chi connectivity index (χ2n) is 6.84. The molecule has 0 aliphatic carbocycles. The van der Waals surface area contributed by atoms with Gasteiger partial charge in [-0.05, 0) is 26.7 Å². The lowest BCUT2D eigenvalue weighted by atomic mass is 10.0. The van der Waals surface area contributed by atoms with E-state index in [1.807, 2.05) is 43.8 Å². The maximum Gasteiger partial charge on any atom is 0.320 e. The standard InChI is InChI=1S/C17H28N6O/c1-5-21-10-11-23(17(21)24)14-6-8-22(9-7-14)16-18-13(2)12-15(19-16)20(3)4/h12,14H,5-11H2,1-4H3. The molecule has 0 radical (unpaired) electrons. The van der Waals surface area contributed by atoms with Crippen LogP contribution >= 0.6 is 0 Å². The lowest BCUT2D eigenvalue weighted by Gasteiger charge is -2.36. The summed E-state index contributed by atoms with van der Waals surface area (Å²) in [6.45, 7) is 8.38. The summed E-state index contributed by atoms with van der Waals surface area (Å²) in [5.41, 5.74) is 0.985. The minimum Gasteiger partial charge on any atom is -0.363 e. The number of hydrogen-bond acceptors (Lipinski definition) is 5. The van der Waals surface area contributed by atoms with Crippen LogP contribution in [-0.2, 0) is 0 Å². The van der Waals surface area contributed by atoms with Crippen molar-refractivity contribution in [3.8, 4) is 0 Å². The summed E-state index contributed by atoms with van der Waals surface area (Å²) in [4.78, 5) is 29.9. The van der Waals surface area contributed by atoms with Gasteiger partial charge in [-0.2, -0.15) is 4.98 Å². The number of amides is 2. The molecule has 1 aromatic rings. The highest BCUT2D eigenvalue weighted by Crippen LogP contribution is 2.24. The van der Waals surface area contributed by atoms with Gasteiger partial charge in [0, 0.05) is 64.6 Å². The Labute approximate surface area is 144 Å². The SMILES string of the molecule is CCN1CCN(C2CCN(c3nc(C)cc(N(C)C)n3)CC2)C1=O. The number of carbonyl (C=O) groups is 1. The van der Waals surface area contributed by atoms with Crippen LogP contribution in [0.25, 0.3) is 0 Å². The maximum absolute atomic E-state index is 12.4. The zero-order valence-electron chi connectivity index (χ0n) is 15.2. The summed E-state index contributed by atoms with van der Waals surface area (Å²) in [6, 6.07) is 2.56. The fourth-order valence-electron chi connectivity index (χ4n) is 3.52. The number of anilines is 2. The Morgan fingerprint density at radius 3 is 2.46 bits per heavy atom. The van der Waals surface area contributed by atoms with Gasteiger partial charge in [0.15, 0.2) is 0 Å². The van der Waals surface area contributed by atoms with Gasteiger partial charge in [-0.25, -0.2) is 9.78 Å². The van der Waals surface area contributed by atoms with E-state index in [0.29, 0.717) is 6.04 Å². The Morgan fingerprint density at radius 1 is 1.17 bits per heavy atom. The second kappa shape index (κ2) is 6.83. The molecular formula is C17H28N6O. The first-order chi connectivity index (χ1) is 11.5. The summed E-state index contributed by atoms with van der Waals surface area (Å²) in [5, 5.41) is 0. The van der Waals surface area contributed by atoms with Crippen LogP contribution in [0, 0.1) is 6.92 Å². The Kier molecular flexibility index (Phi) is 4.78. The van der Waals surface area contributed by atoms with Crippen molar-refractivity contribution >= 4 is 17.8 Å². The van der Waals surface area contributed by atoms with Crippen LogP contribution in [0.5, 0.6) is 0 Å². The minimum atomic E-state index is 0.206. The second-order valence-corrected chi connectivity index (χ2v) is 6.84. The molecule has 2 saturated heterocycles. The third-order valence-corrected chi connectivity index (χ3v) is 4.98. The van der Waals surface area contributed by atoms with Crippen molar-refractivity contribution in [2.45, 2.75) is 32.7 Å². The number of hydrogen-bond donors (Lipinski definition) is 0. The third kappa shape index (κ3) is 3.25. The average molecular weight is 332 g/mol. The van der Waals surface area contributed by atoms with Crippen molar-refractivity contribution in [3.05, 3.63) is 11.8 Å². The molecule has 0 unspecified atom stereocenters. The van der Waals surface area contributed by atoms with E-state index in [1.165, 1.54) is 0 Å². The monoisotopic (exact) mass is 332 g/mol. The van der Waals surface area contributed by atoms with Crippen molar-refractivity contribution in [3.63, 3.8) is 0 Å². The minimum absolute atomic E-state index is 0.206. The topological polar surface area (TPSA) is 55.8 Å². The molecule has 3 heterocycles. The van der Waals surface area contributed by atoms with E-state index in [0.717, 1.165) is 63.0 Å². The smallest absolute Gasteiger partial charge is 0.320 e. The summed E-state index contributed by atoms with van der Waals surface area (Å²) < 4.78 is 0. The fourth-order valence-corrected chi connectivity index (χ4v) is 3.52. The van der Waals surface area contributed by atoms with Gasteiger partial charge in [-0.1, -0.05) is 0 Å². The van der Waals surface area contributed by atoms with Crippen LogP contribution in [0.1, 0.15) is 25.5 Å².